The van der Waals surface area contributed by atoms with E-state index in [0.29, 0.717) is 6.54 Å². The van der Waals surface area contributed by atoms with Gasteiger partial charge in [0.2, 0.25) is 5.16 Å². The third-order valence-electron chi connectivity index (χ3n) is 4.59. The third-order valence-corrected chi connectivity index (χ3v) is 6.00. The highest BCUT2D eigenvalue weighted by Crippen LogP contribution is 2.27. The first-order valence-corrected chi connectivity index (χ1v) is 11.1. The zero-order valence-corrected chi connectivity index (χ0v) is 18.2. The molecule has 6 nitrogen and oxygen atoms in total. The van der Waals surface area contributed by atoms with Gasteiger partial charge < -0.3 is 9.73 Å². The van der Waals surface area contributed by atoms with E-state index < -0.39 is 0 Å². The topological polar surface area (TPSA) is 68.8 Å². The van der Waals surface area contributed by atoms with E-state index in [1.54, 1.807) is 16.4 Å². The Hall–Kier alpha value is -2.61. The molecule has 4 rings (SSSR count). The lowest BCUT2D eigenvalue weighted by Gasteiger charge is -2.05. The van der Waals surface area contributed by atoms with Gasteiger partial charge in [-0.15, -0.1) is 5.10 Å². The van der Waals surface area contributed by atoms with Crippen LogP contribution in [0.1, 0.15) is 17.7 Å². The van der Waals surface area contributed by atoms with Crippen LogP contribution in [-0.4, -0.2) is 32.5 Å². The molecule has 0 aliphatic rings. The zero-order valence-electron chi connectivity index (χ0n) is 16.6. The third kappa shape index (κ3) is 5.11. The number of hydrogen-bond acceptors (Lipinski definition) is 6. The molecule has 2 aromatic heterocycles. The molecular weight excluding hydrogens is 418 g/mol. The van der Waals surface area contributed by atoms with Crippen LogP contribution in [0.2, 0.25) is 5.02 Å². The summed E-state index contributed by atoms with van der Waals surface area (Å²) < 4.78 is 7.70. The van der Waals surface area contributed by atoms with Crippen LogP contribution in [0.15, 0.2) is 70.2 Å². The maximum atomic E-state index is 6.21. The number of benzene rings is 2. The average molecular weight is 440 g/mol. The van der Waals surface area contributed by atoms with Gasteiger partial charge in [-0.1, -0.05) is 53.7 Å². The highest BCUT2D eigenvalue weighted by atomic mass is 35.5. The molecule has 0 radical (unpaired) electrons. The molecule has 0 unspecified atom stereocenters. The first-order valence-electron chi connectivity index (χ1n) is 9.73. The Balaban J connectivity index is 1.21. The summed E-state index contributed by atoms with van der Waals surface area (Å²) in [6.07, 6.45) is 0.994. The van der Waals surface area contributed by atoms with Crippen molar-refractivity contribution in [2.75, 3.05) is 12.3 Å². The van der Waals surface area contributed by atoms with Crippen LogP contribution in [0.25, 0.3) is 17.0 Å². The SMILES string of the molecule is Cc1ccc(-c2ccc(CNCCCSc3nnnn3-c3ccccc3)o2)cc1Cl. The van der Waals surface area contributed by atoms with Crippen molar-refractivity contribution in [1.29, 1.82) is 0 Å². The van der Waals surface area contributed by atoms with Crippen LogP contribution in [0, 0.1) is 6.92 Å². The molecule has 0 saturated carbocycles. The Bertz CT molecular complexity index is 1100. The number of thioether (sulfide) groups is 1. The fourth-order valence-electron chi connectivity index (χ4n) is 2.95. The molecule has 8 heteroatoms. The molecule has 2 heterocycles. The molecule has 0 amide bonds. The van der Waals surface area contributed by atoms with E-state index in [1.165, 1.54) is 0 Å². The van der Waals surface area contributed by atoms with Crippen LogP contribution in [0.4, 0.5) is 0 Å². The van der Waals surface area contributed by atoms with Crippen molar-refractivity contribution in [1.82, 2.24) is 25.5 Å². The van der Waals surface area contributed by atoms with Gasteiger partial charge in [0.1, 0.15) is 11.5 Å². The lowest BCUT2D eigenvalue weighted by atomic mass is 10.1. The summed E-state index contributed by atoms with van der Waals surface area (Å²) in [5.41, 5.74) is 3.01. The summed E-state index contributed by atoms with van der Waals surface area (Å²) in [6.45, 7) is 3.56. The van der Waals surface area contributed by atoms with Crippen molar-refractivity contribution < 1.29 is 4.42 Å². The first-order chi connectivity index (χ1) is 14.7. The number of halogens is 1. The molecule has 30 heavy (non-hydrogen) atoms. The minimum atomic E-state index is 0.687. The minimum absolute atomic E-state index is 0.687. The molecule has 0 aliphatic carbocycles. The Morgan fingerprint density at radius 1 is 1.10 bits per heavy atom. The van der Waals surface area contributed by atoms with Gasteiger partial charge in [0.25, 0.3) is 0 Å². The van der Waals surface area contributed by atoms with Crippen molar-refractivity contribution in [3.63, 3.8) is 0 Å². The molecule has 0 saturated heterocycles. The van der Waals surface area contributed by atoms with Crippen LogP contribution < -0.4 is 5.32 Å². The van der Waals surface area contributed by atoms with Gasteiger partial charge >= 0.3 is 0 Å². The van der Waals surface area contributed by atoms with Crippen molar-refractivity contribution >= 4 is 23.4 Å². The largest absolute Gasteiger partial charge is 0.460 e. The predicted molar refractivity (Wildman–Crippen MR) is 120 cm³/mol. The summed E-state index contributed by atoms with van der Waals surface area (Å²) in [6, 6.07) is 19.9. The molecular formula is C22H22ClN5OS. The van der Waals surface area contributed by atoms with Crippen LogP contribution >= 0.6 is 23.4 Å². The molecule has 0 bridgehead atoms. The van der Waals surface area contributed by atoms with Crippen molar-refractivity contribution in [2.45, 2.75) is 25.0 Å². The summed E-state index contributed by atoms with van der Waals surface area (Å²) in [7, 11) is 0. The van der Waals surface area contributed by atoms with Crippen LogP contribution in [0.3, 0.4) is 0 Å². The quantitative estimate of drug-likeness (QED) is 0.287. The lowest BCUT2D eigenvalue weighted by Crippen LogP contribution is -2.14. The molecule has 0 aliphatic heterocycles. The molecule has 154 valence electrons. The summed E-state index contributed by atoms with van der Waals surface area (Å²) in [4.78, 5) is 0. The summed E-state index contributed by atoms with van der Waals surface area (Å²) in [5.74, 6) is 2.66. The van der Waals surface area contributed by atoms with Crippen LogP contribution in [-0.2, 0) is 6.54 Å². The highest BCUT2D eigenvalue weighted by molar-refractivity contribution is 7.99. The van der Waals surface area contributed by atoms with Gasteiger partial charge in [-0.3, -0.25) is 0 Å². The Morgan fingerprint density at radius 3 is 2.80 bits per heavy atom. The monoisotopic (exact) mass is 439 g/mol. The van der Waals surface area contributed by atoms with Crippen molar-refractivity contribution in [2.24, 2.45) is 0 Å². The second kappa shape index (κ2) is 9.93. The van der Waals surface area contributed by atoms with Crippen molar-refractivity contribution in [3.8, 4) is 17.0 Å². The number of tetrazole rings is 1. The molecule has 4 aromatic rings. The smallest absolute Gasteiger partial charge is 0.214 e. The number of aryl methyl sites for hydroxylation is 1. The lowest BCUT2D eigenvalue weighted by molar-refractivity contribution is 0.494. The average Bonchev–Trinajstić information content (AvgIpc) is 3.43. The number of aromatic nitrogens is 4. The highest BCUT2D eigenvalue weighted by Gasteiger charge is 2.09. The molecule has 0 spiro atoms. The fourth-order valence-corrected chi connectivity index (χ4v) is 3.96. The number of nitrogens with zero attached hydrogens (tertiary/aromatic N) is 4. The van der Waals surface area contributed by atoms with E-state index in [2.05, 4.69) is 20.8 Å². The maximum Gasteiger partial charge on any atom is 0.214 e. The predicted octanol–water partition coefficient (Wildman–Crippen LogP) is 5.16. The standard InChI is InChI=1S/C22H22ClN5OS/c1-16-8-9-17(14-20(16)23)21-11-10-19(29-21)15-24-12-5-13-30-22-25-26-27-28(22)18-6-3-2-4-7-18/h2-4,6-11,14,24H,5,12-13,15H2,1H3. The first kappa shape index (κ1) is 20.7. The van der Waals surface area contributed by atoms with Gasteiger partial charge in [0.15, 0.2) is 0 Å². The van der Waals surface area contributed by atoms with E-state index in [-0.39, 0.29) is 0 Å². The van der Waals surface area contributed by atoms with E-state index in [9.17, 15) is 0 Å². The van der Waals surface area contributed by atoms with E-state index >= 15 is 0 Å². The Morgan fingerprint density at radius 2 is 1.97 bits per heavy atom. The molecule has 0 fully saturated rings. The van der Waals surface area contributed by atoms with Crippen molar-refractivity contribution in [3.05, 3.63) is 77.0 Å². The molecule has 2 aromatic carbocycles. The van der Waals surface area contributed by atoms with E-state index in [0.717, 1.165) is 57.2 Å². The normalized spacial score (nSPS) is 11.1. The number of nitrogens with one attached hydrogen (secondary N) is 1. The Kier molecular flexibility index (Phi) is 6.84. The van der Waals surface area contributed by atoms with Gasteiger partial charge in [0, 0.05) is 16.3 Å². The fraction of sp³-hybridized carbons (Fsp3) is 0.227. The summed E-state index contributed by atoms with van der Waals surface area (Å²) >= 11 is 7.86. The van der Waals surface area contributed by atoms with E-state index in [1.807, 2.05) is 67.6 Å². The Labute approximate surface area is 184 Å². The van der Waals surface area contributed by atoms with Gasteiger partial charge in [-0.25, -0.2) is 0 Å². The van der Waals surface area contributed by atoms with Gasteiger partial charge in [-0.05, 0) is 66.2 Å². The minimum Gasteiger partial charge on any atom is -0.460 e. The second-order valence-electron chi connectivity index (χ2n) is 6.82. The van der Waals surface area contributed by atoms with Gasteiger partial charge in [0.05, 0.1) is 12.2 Å². The van der Waals surface area contributed by atoms with E-state index in [4.69, 9.17) is 16.0 Å². The second-order valence-corrected chi connectivity index (χ2v) is 8.29. The number of rotatable bonds is 9. The maximum absolute atomic E-state index is 6.21. The number of hydrogen-bond donors (Lipinski definition) is 1. The number of para-hydroxylation sites is 1. The molecule has 0 atom stereocenters. The van der Waals surface area contributed by atoms with Gasteiger partial charge in [-0.2, -0.15) is 4.68 Å². The zero-order chi connectivity index (χ0) is 20.8. The van der Waals surface area contributed by atoms with Crippen LogP contribution in [0.5, 0.6) is 0 Å². The molecule has 1 N–H and O–H groups in total. The summed E-state index contributed by atoms with van der Waals surface area (Å²) in [5, 5.41) is 17.0. The number of furan rings is 1.